The SMILES string of the molecule is O=C(N[C@H]1CCOC1)c1nn(-c2cccc(F)c2)cc1O. The summed E-state index contributed by atoms with van der Waals surface area (Å²) in [6, 6.07) is 5.65. The van der Waals surface area contributed by atoms with Crippen molar-refractivity contribution in [1.29, 1.82) is 0 Å². The third kappa shape index (κ3) is 2.87. The highest BCUT2D eigenvalue weighted by Gasteiger charge is 2.23. The number of aromatic hydroxyl groups is 1. The van der Waals surface area contributed by atoms with Gasteiger partial charge in [-0.15, -0.1) is 0 Å². The number of nitrogens with zero attached hydrogens (tertiary/aromatic N) is 2. The van der Waals surface area contributed by atoms with Gasteiger partial charge >= 0.3 is 0 Å². The minimum absolute atomic E-state index is 0.0729. The van der Waals surface area contributed by atoms with Gasteiger partial charge in [0.1, 0.15) is 5.82 Å². The lowest BCUT2D eigenvalue weighted by molar-refractivity contribution is 0.0922. The molecule has 6 nitrogen and oxygen atoms in total. The Morgan fingerprint density at radius 3 is 3.10 bits per heavy atom. The normalized spacial score (nSPS) is 17.9. The average molecular weight is 291 g/mol. The fourth-order valence-electron chi connectivity index (χ4n) is 2.18. The van der Waals surface area contributed by atoms with Gasteiger partial charge in [0.15, 0.2) is 11.4 Å². The molecule has 2 N–H and O–H groups in total. The van der Waals surface area contributed by atoms with Crippen molar-refractivity contribution >= 4 is 5.91 Å². The van der Waals surface area contributed by atoms with Crippen molar-refractivity contribution in [1.82, 2.24) is 15.1 Å². The maximum atomic E-state index is 13.2. The van der Waals surface area contributed by atoms with E-state index in [0.29, 0.717) is 18.9 Å². The van der Waals surface area contributed by atoms with Crippen molar-refractivity contribution in [2.24, 2.45) is 0 Å². The smallest absolute Gasteiger partial charge is 0.275 e. The van der Waals surface area contributed by atoms with E-state index in [-0.39, 0.29) is 17.5 Å². The first-order valence-corrected chi connectivity index (χ1v) is 6.56. The van der Waals surface area contributed by atoms with E-state index in [1.165, 1.54) is 29.1 Å². The van der Waals surface area contributed by atoms with Crippen molar-refractivity contribution in [2.45, 2.75) is 12.5 Å². The number of ether oxygens (including phenoxy) is 1. The molecule has 0 unspecified atom stereocenters. The fraction of sp³-hybridized carbons (Fsp3) is 0.286. The second-order valence-corrected chi connectivity index (χ2v) is 4.82. The summed E-state index contributed by atoms with van der Waals surface area (Å²) in [5.41, 5.74) is 0.333. The molecule has 0 saturated carbocycles. The highest BCUT2D eigenvalue weighted by atomic mass is 19.1. The topological polar surface area (TPSA) is 76.4 Å². The minimum Gasteiger partial charge on any atom is -0.504 e. The number of hydrogen-bond donors (Lipinski definition) is 2. The first-order chi connectivity index (χ1) is 10.1. The number of amides is 1. The molecule has 1 aliphatic heterocycles. The van der Waals surface area contributed by atoms with Crippen LogP contribution in [0.4, 0.5) is 4.39 Å². The van der Waals surface area contributed by atoms with E-state index in [4.69, 9.17) is 4.74 Å². The van der Waals surface area contributed by atoms with Crippen LogP contribution in [0.3, 0.4) is 0 Å². The standard InChI is InChI=1S/C14H14FN3O3/c15-9-2-1-3-11(6-9)18-7-12(19)13(17-18)14(20)16-10-4-5-21-8-10/h1-3,6-7,10,19H,4-5,8H2,(H,16,20)/t10-/m0/s1. The number of carbonyl (C=O) groups excluding carboxylic acids is 1. The van der Waals surface area contributed by atoms with Gasteiger partial charge in [-0.3, -0.25) is 4.79 Å². The Morgan fingerprint density at radius 2 is 2.38 bits per heavy atom. The van der Waals surface area contributed by atoms with Gasteiger partial charge < -0.3 is 15.2 Å². The Balaban J connectivity index is 1.82. The van der Waals surface area contributed by atoms with Crippen LogP contribution < -0.4 is 5.32 Å². The zero-order valence-electron chi connectivity index (χ0n) is 11.1. The second kappa shape index (κ2) is 5.53. The Bertz CT molecular complexity index is 665. The summed E-state index contributed by atoms with van der Waals surface area (Å²) in [6.07, 6.45) is 2.01. The van der Waals surface area contributed by atoms with Crippen LogP contribution in [-0.2, 0) is 4.74 Å². The van der Waals surface area contributed by atoms with E-state index in [9.17, 15) is 14.3 Å². The lowest BCUT2D eigenvalue weighted by Crippen LogP contribution is -2.35. The van der Waals surface area contributed by atoms with Crippen LogP contribution in [0.2, 0.25) is 0 Å². The monoisotopic (exact) mass is 291 g/mol. The number of aromatic nitrogens is 2. The molecule has 1 aliphatic rings. The largest absolute Gasteiger partial charge is 0.504 e. The van der Waals surface area contributed by atoms with E-state index in [1.54, 1.807) is 6.07 Å². The zero-order valence-corrected chi connectivity index (χ0v) is 11.1. The molecule has 0 bridgehead atoms. The Hall–Kier alpha value is -2.41. The first kappa shape index (κ1) is 13.6. The Labute approximate surface area is 120 Å². The molecule has 0 radical (unpaired) electrons. The van der Waals surface area contributed by atoms with Gasteiger partial charge in [-0.1, -0.05) is 6.07 Å². The number of benzene rings is 1. The molecular formula is C14H14FN3O3. The summed E-state index contributed by atoms with van der Waals surface area (Å²) >= 11 is 0. The summed E-state index contributed by atoms with van der Waals surface area (Å²) in [4.78, 5) is 12.1. The molecule has 3 rings (SSSR count). The predicted octanol–water partition coefficient (Wildman–Crippen LogP) is 1.24. The van der Waals surface area contributed by atoms with E-state index < -0.39 is 11.7 Å². The van der Waals surface area contributed by atoms with Crippen molar-refractivity contribution < 1.29 is 19.0 Å². The van der Waals surface area contributed by atoms with Gasteiger partial charge in [0.05, 0.1) is 24.5 Å². The molecule has 0 spiro atoms. The summed E-state index contributed by atoms with van der Waals surface area (Å²) in [5, 5.41) is 16.6. The zero-order chi connectivity index (χ0) is 14.8. The summed E-state index contributed by atoms with van der Waals surface area (Å²) in [5.74, 6) is -1.15. The number of hydrogen-bond acceptors (Lipinski definition) is 4. The van der Waals surface area contributed by atoms with Crippen LogP contribution in [-0.4, -0.2) is 40.0 Å². The molecule has 2 aromatic rings. The van der Waals surface area contributed by atoms with Gasteiger partial charge in [-0.25, -0.2) is 9.07 Å². The summed E-state index contributed by atoms with van der Waals surface area (Å²) in [7, 11) is 0. The molecule has 1 aromatic heterocycles. The summed E-state index contributed by atoms with van der Waals surface area (Å²) < 4.78 is 19.6. The molecule has 1 amide bonds. The minimum atomic E-state index is -0.474. The van der Waals surface area contributed by atoms with Crippen molar-refractivity contribution in [3.05, 3.63) is 42.0 Å². The molecule has 110 valence electrons. The predicted molar refractivity (Wildman–Crippen MR) is 71.9 cm³/mol. The van der Waals surface area contributed by atoms with Gasteiger partial charge in [-0.2, -0.15) is 5.10 Å². The molecule has 0 aliphatic carbocycles. The molecule has 1 fully saturated rings. The number of nitrogens with one attached hydrogen (secondary N) is 1. The first-order valence-electron chi connectivity index (χ1n) is 6.56. The van der Waals surface area contributed by atoms with Crippen LogP contribution in [0, 0.1) is 5.82 Å². The van der Waals surface area contributed by atoms with E-state index in [0.717, 1.165) is 6.42 Å². The number of carbonyl (C=O) groups is 1. The third-order valence-electron chi connectivity index (χ3n) is 3.25. The van der Waals surface area contributed by atoms with Crippen LogP contribution in [0.1, 0.15) is 16.9 Å². The second-order valence-electron chi connectivity index (χ2n) is 4.82. The van der Waals surface area contributed by atoms with Crippen LogP contribution in [0.15, 0.2) is 30.5 Å². The molecule has 1 saturated heterocycles. The lowest BCUT2D eigenvalue weighted by atomic mass is 10.2. The highest BCUT2D eigenvalue weighted by Crippen LogP contribution is 2.19. The number of halogens is 1. The maximum Gasteiger partial charge on any atom is 0.275 e. The fourth-order valence-corrected chi connectivity index (χ4v) is 2.18. The van der Waals surface area contributed by atoms with Gasteiger partial charge in [0, 0.05) is 6.61 Å². The average Bonchev–Trinajstić information content (AvgIpc) is 3.08. The van der Waals surface area contributed by atoms with Crippen LogP contribution in [0.25, 0.3) is 5.69 Å². The van der Waals surface area contributed by atoms with E-state index in [1.807, 2.05) is 0 Å². The van der Waals surface area contributed by atoms with Crippen molar-refractivity contribution in [3.63, 3.8) is 0 Å². The van der Waals surface area contributed by atoms with E-state index >= 15 is 0 Å². The van der Waals surface area contributed by atoms with Crippen molar-refractivity contribution in [2.75, 3.05) is 13.2 Å². The van der Waals surface area contributed by atoms with Gasteiger partial charge in [0.25, 0.3) is 5.91 Å². The highest BCUT2D eigenvalue weighted by molar-refractivity contribution is 5.95. The third-order valence-corrected chi connectivity index (χ3v) is 3.25. The van der Waals surface area contributed by atoms with Crippen LogP contribution >= 0.6 is 0 Å². The number of rotatable bonds is 3. The molecule has 1 aromatic carbocycles. The lowest BCUT2D eigenvalue weighted by Gasteiger charge is -2.08. The van der Waals surface area contributed by atoms with Crippen LogP contribution in [0.5, 0.6) is 5.75 Å². The Kier molecular flexibility index (Phi) is 3.57. The molecule has 2 heterocycles. The van der Waals surface area contributed by atoms with Gasteiger partial charge in [-0.05, 0) is 24.6 Å². The quantitative estimate of drug-likeness (QED) is 0.892. The summed E-state index contributed by atoms with van der Waals surface area (Å²) in [6.45, 7) is 1.06. The van der Waals surface area contributed by atoms with Crippen molar-refractivity contribution in [3.8, 4) is 11.4 Å². The Morgan fingerprint density at radius 1 is 1.52 bits per heavy atom. The molecule has 21 heavy (non-hydrogen) atoms. The van der Waals surface area contributed by atoms with E-state index in [2.05, 4.69) is 10.4 Å². The maximum absolute atomic E-state index is 13.2. The molecule has 1 atom stereocenters. The molecular weight excluding hydrogens is 277 g/mol. The van der Waals surface area contributed by atoms with Gasteiger partial charge in [0.2, 0.25) is 0 Å². The molecule has 7 heteroatoms.